The molecule has 0 fully saturated rings. The molecule has 4 heteroatoms. The van der Waals surface area contributed by atoms with E-state index in [4.69, 9.17) is 5.11 Å². The van der Waals surface area contributed by atoms with E-state index in [1.165, 1.54) is 0 Å². The van der Waals surface area contributed by atoms with Gasteiger partial charge in [-0.1, -0.05) is 0 Å². The van der Waals surface area contributed by atoms with Gasteiger partial charge in [0.25, 0.3) is 6.47 Å². The highest BCUT2D eigenvalue weighted by Crippen LogP contribution is 1.87. The van der Waals surface area contributed by atoms with E-state index in [9.17, 15) is 9.59 Å². The summed E-state index contributed by atoms with van der Waals surface area (Å²) in [5, 5.41) is 7.93. The summed E-state index contributed by atoms with van der Waals surface area (Å²) in [4.78, 5) is 19.1. The van der Waals surface area contributed by atoms with Crippen molar-refractivity contribution in [2.24, 2.45) is 0 Å². The quantitative estimate of drug-likeness (QED) is 0.314. The number of aliphatic carboxylic acids is 1. The lowest BCUT2D eigenvalue weighted by atomic mass is 10.6. The van der Waals surface area contributed by atoms with Crippen LogP contribution in [0.4, 0.5) is 0 Å². The summed E-state index contributed by atoms with van der Waals surface area (Å²) >= 11 is 0. The Morgan fingerprint density at radius 3 is 2.38 bits per heavy atom. The molecule has 0 bridgehead atoms. The summed E-state index contributed by atoms with van der Waals surface area (Å²) in [6.45, 7) is 2.90. The van der Waals surface area contributed by atoms with E-state index in [2.05, 4.69) is 11.3 Å². The minimum atomic E-state index is -1.34. The van der Waals surface area contributed by atoms with E-state index in [0.29, 0.717) is 0 Å². The fourth-order valence-corrected chi connectivity index (χ4v) is 0.108. The molecule has 0 saturated heterocycles. The zero-order chi connectivity index (χ0) is 6.57. The molecule has 0 aromatic rings. The molecule has 4 nitrogen and oxygen atoms in total. The molecule has 0 aromatic carbocycles. The van der Waals surface area contributed by atoms with Crippen LogP contribution >= 0.6 is 0 Å². The first kappa shape index (κ1) is 6.68. The number of carbonyl (C=O) groups excluding carboxylic acids is 1. The highest BCUT2D eigenvalue weighted by molar-refractivity contribution is 5.84. The van der Waals surface area contributed by atoms with Crippen molar-refractivity contribution in [2.45, 2.75) is 0 Å². The van der Waals surface area contributed by atoms with Crippen LogP contribution in [0, 0.1) is 0 Å². The summed E-state index contributed by atoms with van der Waals surface area (Å²) in [5.41, 5.74) is 0. The molecule has 0 aliphatic rings. The number of carboxylic acids is 1. The van der Waals surface area contributed by atoms with Gasteiger partial charge >= 0.3 is 5.97 Å². The van der Waals surface area contributed by atoms with E-state index in [0.717, 1.165) is 0 Å². The van der Waals surface area contributed by atoms with Crippen LogP contribution in [0.5, 0.6) is 0 Å². The highest BCUT2D eigenvalue weighted by Gasteiger charge is 2.01. The van der Waals surface area contributed by atoms with Crippen LogP contribution in [0.25, 0.3) is 0 Å². The molecule has 0 aromatic heterocycles. The lowest BCUT2D eigenvalue weighted by molar-refractivity contribution is -0.141. The van der Waals surface area contributed by atoms with Crippen molar-refractivity contribution < 1.29 is 19.4 Å². The van der Waals surface area contributed by atoms with Crippen molar-refractivity contribution in [3.8, 4) is 0 Å². The van der Waals surface area contributed by atoms with Crippen molar-refractivity contribution in [1.82, 2.24) is 0 Å². The van der Waals surface area contributed by atoms with Gasteiger partial charge in [-0.05, 0) is 6.58 Å². The third kappa shape index (κ3) is 1.96. The first-order valence-corrected chi connectivity index (χ1v) is 1.71. The average molecular weight is 116 g/mol. The molecule has 0 aliphatic heterocycles. The Labute approximate surface area is 45.4 Å². The van der Waals surface area contributed by atoms with E-state index >= 15 is 0 Å². The van der Waals surface area contributed by atoms with Crippen molar-refractivity contribution in [3.05, 3.63) is 12.3 Å². The molecular formula is C4H4O4. The third-order valence-electron chi connectivity index (χ3n) is 0.429. The van der Waals surface area contributed by atoms with E-state index in [-0.39, 0.29) is 6.47 Å². The van der Waals surface area contributed by atoms with Gasteiger partial charge in [0.1, 0.15) is 0 Å². The average Bonchev–Trinajstić information content (AvgIpc) is 1.67. The van der Waals surface area contributed by atoms with Crippen LogP contribution in [0.2, 0.25) is 0 Å². The Morgan fingerprint density at radius 2 is 2.25 bits per heavy atom. The number of rotatable bonds is 3. The second kappa shape index (κ2) is 2.79. The fourth-order valence-electron chi connectivity index (χ4n) is 0.108. The van der Waals surface area contributed by atoms with Crippen molar-refractivity contribution in [2.75, 3.05) is 0 Å². The van der Waals surface area contributed by atoms with Crippen molar-refractivity contribution >= 4 is 12.4 Å². The van der Waals surface area contributed by atoms with Gasteiger partial charge in [0.15, 0.2) is 0 Å². The van der Waals surface area contributed by atoms with Crippen LogP contribution in [-0.4, -0.2) is 17.5 Å². The Hall–Kier alpha value is -1.32. The Bertz CT molecular complexity index is 126. The molecule has 0 unspecified atom stereocenters. The monoisotopic (exact) mass is 116 g/mol. The number of hydrogen-bond acceptors (Lipinski definition) is 3. The summed E-state index contributed by atoms with van der Waals surface area (Å²) < 4.78 is 3.83. The lowest BCUT2D eigenvalue weighted by Gasteiger charge is -1.90. The predicted molar refractivity (Wildman–Crippen MR) is 23.9 cm³/mol. The molecule has 0 radical (unpaired) electrons. The zero-order valence-corrected chi connectivity index (χ0v) is 3.96. The Morgan fingerprint density at radius 1 is 1.75 bits per heavy atom. The number of ether oxygens (including phenoxy) is 1. The maximum Gasteiger partial charge on any atom is 0.371 e. The molecule has 0 heterocycles. The molecular weight excluding hydrogens is 112 g/mol. The summed E-state index contributed by atoms with van der Waals surface area (Å²) in [7, 11) is 0. The normalized spacial score (nSPS) is 7.50. The molecule has 44 valence electrons. The maximum atomic E-state index is 9.71. The fraction of sp³-hybridized carbons (Fsp3) is 0. The largest absolute Gasteiger partial charge is 0.475 e. The Kier molecular flexibility index (Phi) is 2.33. The topological polar surface area (TPSA) is 63.6 Å². The first-order valence-electron chi connectivity index (χ1n) is 1.71. The molecule has 8 heavy (non-hydrogen) atoms. The van der Waals surface area contributed by atoms with Gasteiger partial charge in [0.05, 0.1) is 0 Å². The third-order valence-corrected chi connectivity index (χ3v) is 0.429. The molecule has 0 aliphatic carbocycles. The molecule has 0 saturated carbocycles. The van der Waals surface area contributed by atoms with Crippen LogP contribution < -0.4 is 0 Å². The second-order valence-corrected chi connectivity index (χ2v) is 0.942. The highest BCUT2D eigenvalue weighted by atomic mass is 16.5. The minimum Gasteiger partial charge on any atom is -0.475 e. The van der Waals surface area contributed by atoms with Crippen LogP contribution in [0.1, 0.15) is 0 Å². The van der Waals surface area contributed by atoms with Crippen LogP contribution in [0.3, 0.4) is 0 Å². The number of carbonyl (C=O) groups is 2. The first-order chi connectivity index (χ1) is 3.68. The standard InChI is InChI=1S/C4H4O4/c1-3(4(6)7)8-2-5/h2H,1H2,(H,6,7). The zero-order valence-electron chi connectivity index (χ0n) is 3.96. The van der Waals surface area contributed by atoms with Gasteiger partial charge in [0.2, 0.25) is 5.76 Å². The van der Waals surface area contributed by atoms with Gasteiger partial charge in [-0.15, -0.1) is 0 Å². The van der Waals surface area contributed by atoms with E-state index in [1.807, 2.05) is 0 Å². The van der Waals surface area contributed by atoms with Crippen molar-refractivity contribution in [1.29, 1.82) is 0 Å². The van der Waals surface area contributed by atoms with Gasteiger partial charge in [-0.25, -0.2) is 4.79 Å². The van der Waals surface area contributed by atoms with Gasteiger partial charge in [0, 0.05) is 0 Å². The summed E-state index contributed by atoms with van der Waals surface area (Å²) in [5.74, 6) is -1.91. The molecule has 0 amide bonds. The molecule has 1 N–H and O–H groups in total. The minimum absolute atomic E-state index is 0.0104. The van der Waals surface area contributed by atoms with Crippen LogP contribution in [0.15, 0.2) is 12.3 Å². The van der Waals surface area contributed by atoms with Crippen LogP contribution in [-0.2, 0) is 14.3 Å². The SMILES string of the molecule is C=C(OC=O)C(=O)O. The van der Waals surface area contributed by atoms with Gasteiger partial charge in [-0.3, -0.25) is 4.79 Å². The van der Waals surface area contributed by atoms with Gasteiger partial charge in [-0.2, -0.15) is 0 Å². The smallest absolute Gasteiger partial charge is 0.371 e. The lowest BCUT2D eigenvalue weighted by Crippen LogP contribution is -2.01. The number of carboxylic acid groups (broad SMARTS) is 1. The molecule has 0 rings (SSSR count). The van der Waals surface area contributed by atoms with Gasteiger partial charge < -0.3 is 9.84 Å². The predicted octanol–water partition coefficient (Wildman–Crippen LogP) is -0.242. The van der Waals surface area contributed by atoms with Crippen molar-refractivity contribution in [3.63, 3.8) is 0 Å². The second-order valence-electron chi connectivity index (χ2n) is 0.942. The molecule has 0 atom stereocenters. The summed E-state index contributed by atoms with van der Waals surface area (Å²) in [6.07, 6.45) is 0. The number of hydrogen-bond donors (Lipinski definition) is 1. The summed E-state index contributed by atoms with van der Waals surface area (Å²) in [6, 6.07) is 0. The Balaban J connectivity index is 3.65. The maximum absolute atomic E-state index is 9.71. The molecule has 0 spiro atoms. The van der Waals surface area contributed by atoms with E-state index in [1.54, 1.807) is 0 Å². The van der Waals surface area contributed by atoms with E-state index < -0.39 is 11.7 Å².